The van der Waals surface area contributed by atoms with Crippen molar-refractivity contribution in [2.75, 3.05) is 17.7 Å². The summed E-state index contributed by atoms with van der Waals surface area (Å²) < 4.78 is 10.7. The molecule has 9 nitrogen and oxygen atoms in total. The average Bonchev–Trinajstić information content (AvgIpc) is 3.30. The van der Waals surface area contributed by atoms with Gasteiger partial charge in [0.25, 0.3) is 5.89 Å². The fourth-order valence-corrected chi connectivity index (χ4v) is 2.69. The number of furan rings is 1. The van der Waals surface area contributed by atoms with Crippen LogP contribution in [0.2, 0.25) is 5.02 Å². The Morgan fingerprint density at radius 2 is 1.81 bits per heavy atom. The molecule has 136 valence electrons. The first-order valence-corrected chi connectivity index (χ1v) is 8.30. The second-order valence-electron chi connectivity index (χ2n) is 5.66. The Morgan fingerprint density at radius 3 is 2.56 bits per heavy atom. The molecule has 1 aromatic carbocycles. The Hall–Kier alpha value is -3.46. The summed E-state index contributed by atoms with van der Waals surface area (Å²) in [5.41, 5.74) is 6.56. The SMILES string of the molecule is Cc1ccc(-c2nc(-c3nc(N)nc(N(C)c4ccccc4Cl)n3)no2)o1. The Labute approximate surface area is 158 Å². The number of nitrogens with zero attached hydrogens (tertiary/aromatic N) is 6. The molecule has 0 aliphatic rings. The molecule has 2 N–H and O–H groups in total. The van der Waals surface area contributed by atoms with Crippen LogP contribution in [-0.4, -0.2) is 32.1 Å². The number of hydrogen-bond donors (Lipinski definition) is 1. The summed E-state index contributed by atoms with van der Waals surface area (Å²) in [7, 11) is 1.77. The minimum Gasteiger partial charge on any atom is -0.456 e. The third-order valence-corrected chi connectivity index (χ3v) is 4.05. The lowest BCUT2D eigenvalue weighted by Gasteiger charge is -2.18. The van der Waals surface area contributed by atoms with Crippen molar-refractivity contribution in [1.29, 1.82) is 0 Å². The van der Waals surface area contributed by atoms with Crippen molar-refractivity contribution in [3.63, 3.8) is 0 Å². The third kappa shape index (κ3) is 3.32. The van der Waals surface area contributed by atoms with E-state index in [2.05, 4.69) is 25.1 Å². The highest BCUT2D eigenvalue weighted by Crippen LogP contribution is 2.29. The standard InChI is InChI=1S/C17H14ClN7O2/c1-9-7-8-12(26-9)15-20-14(24-27-15)13-21-16(19)23-17(22-13)25(2)11-6-4-3-5-10(11)18/h3-8H,1-2H3,(H2,19,21,22,23). The van der Waals surface area contributed by atoms with Gasteiger partial charge in [-0.3, -0.25) is 0 Å². The van der Waals surface area contributed by atoms with E-state index >= 15 is 0 Å². The van der Waals surface area contributed by atoms with E-state index in [0.29, 0.717) is 16.7 Å². The monoisotopic (exact) mass is 383 g/mol. The van der Waals surface area contributed by atoms with Crippen molar-refractivity contribution < 1.29 is 8.94 Å². The highest BCUT2D eigenvalue weighted by molar-refractivity contribution is 6.33. The van der Waals surface area contributed by atoms with Gasteiger partial charge in [-0.2, -0.15) is 19.9 Å². The van der Waals surface area contributed by atoms with Gasteiger partial charge < -0.3 is 19.6 Å². The summed E-state index contributed by atoms with van der Waals surface area (Å²) in [6.07, 6.45) is 0. The fraction of sp³-hybridized carbons (Fsp3) is 0.118. The molecule has 27 heavy (non-hydrogen) atoms. The van der Waals surface area contributed by atoms with Crippen molar-refractivity contribution >= 4 is 29.2 Å². The summed E-state index contributed by atoms with van der Waals surface area (Å²) >= 11 is 6.24. The molecule has 4 aromatic rings. The molecular formula is C17H14ClN7O2. The van der Waals surface area contributed by atoms with Crippen LogP contribution in [0.4, 0.5) is 17.6 Å². The highest BCUT2D eigenvalue weighted by Gasteiger charge is 2.19. The molecule has 0 amide bonds. The Morgan fingerprint density at radius 1 is 1.00 bits per heavy atom. The summed E-state index contributed by atoms with van der Waals surface area (Å²) in [4.78, 5) is 18.6. The van der Waals surface area contributed by atoms with Crippen LogP contribution in [-0.2, 0) is 0 Å². The number of para-hydroxylation sites is 1. The van der Waals surface area contributed by atoms with Crippen LogP contribution in [0.15, 0.2) is 45.3 Å². The van der Waals surface area contributed by atoms with Gasteiger partial charge in [0.2, 0.25) is 23.5 Å². The lowest BCUT2D eigenvalue weighted by atomic mass is 10.3. The summed E-state index contributed by atoms with van der Waals surface area (Å²) in [5, 5.41) is 4.46. The van der Waals surface area contributed by atoms with E-state index in [1.807, 2.05) is 25.1 Å². The first-order valence-electron chi connectivity index (χ1n) is 7.92. The number of aryl methyl sites for hydroxylation is 1. The topological polar surface area (TPSA) is 120 Å². The lowest BCUT2D eigenvalue weighted by Crippen LogP contribution is -2.16. The normalized spacial score (nSPS) is 10.9. The highest BCUT2D eigenvalue weighted by atomic mass is 35.5. The van der Waals surface area contributed by atoms with Gasteiger partial charge in [0.1, 0.15) is 5.76 Å². The fourth-order valence-electron chi connectivity index (χ4n) is 2.43. The molecule has 0 unspecified atom stereocenters. The van der Waals surface area contributed by atoms with Crippen molar-refractivity contribution in [3.8, 4) is 23.3 Å². The molecule has 0 fully saturated rings. The summed E-state index contributed by atoms with van der Waals surface area (Å²) in [6.45, 7) is 1.82. The van der Waals surface area contributed by atoms with Crippen LogP contribution in [0.25, 0.3) is 23.3 Å². The molecule has 0 radical (unpaired) electrons. The number of aromatic nitrogens is 5. The number of nitrogens with two attached hydrogens (primary N) is 1. The molecule has 3 aromatic heterocycles. The zero-order valence-corrected chi connectivity index (χ0v) is 15.2. The van der Waals surface area contributed by atoms with Gasteiger partial charge in [0.05, 0.1) is 10.7 Å². The van der Waals surface area contributed by atoms with E-state index in [1.54, 1.807) is 30.1 Å². The molecule has 0 aliphatic heterocycles. The molecule has 0 aliphatic carbocycles. The first-order chi connectivity index (χ1) is 13.0. The van der Waals surface area contributed by atoms with Crippen molar-refractivity contribution in [1.82, 2.24) is 25.1 Å². The zero-order chi connectivity index (χ0) is 19.0. The molecular weight excluding hydrogens is 370 g/mol. The van der Waals surface area contributed by atoms with Crippen molar-refractivity contribution in [3.05, 3.63) is 47.2 Å². The predicted octanol–water partition coefficient (Wildman–Crippen LogP) is 3.49. The smallest absolute Gasteiger partial charge is 0.294 e. The van der Waals surface area contributed by atoms with Crippen LogP contribution < -0.4 is 10.6 Å². The van der Waals surface area contributed by atoms with E-state index in [9.17, 15) is 0 Å². The molecule has 0 spiro atoms. The number of benzene rings is 1. The second kappa shape index (κ2) is 6.69. The van der Waals surface area contributed by atoms with E-state index in [-0.39, 0.29) is 23.5 Å². The summed E-state index contributed by atoms with van der Waals surface area (Å²) in [6, 6.07) is 10.9. The maximum absolute atomic E-state index is 6.24. The van der Waals surface area contributed by atoms with E-state index in [0.717, 1.165) is 11.4 Å². The Kier molecular flexibility index (Phi) is 4.21. The number of rotatable bonds is 4. The van der Waals surface area contributed by atoms with Gasteiger partial charge in [-0.25, -0.2) is 0 Å². The van der Waals surface area contributed by atoms with Crippen LogP contribution in [0.3, 0.4) is 0 Å². The lowest BCUT2D eigenvalue weighted by molar-refractivity contribution is 0.413. The van der Waals surface area contributed by atoms with E-state index in [1.165, 1.54) is 0 Å². The molecule has 0 saturated carbocycles. The largest absolute Gasteiger partial charge is 0.456 e. The molecule has 0 saturated heterocycles. The van der Waals surface area contributed by atoms with Gasteiger partial charge in [-0.05, 0) is 31.2 Å². The van der Waals surface area contributed by atoms with Crippen LogP contribution >= 0.6 is 11.6 Å². The second-order valence-corrected chi connectivity index (χ2v) is 6.07. The van der Waals surface area contributed by atoms with Crippen LogP contribution in [0, 0.1) is 6.92 Å². The first kappa shape index (κ1) is 17.0. The zero-order valence-electron chi connectivity index (χ0n) is 14.4. The number of hydrogen-bond acceptors (Lipinski definition) is 9. The van der Waals surface area contributed by atoms with Gasteiger partial charge in [0, 0.05) is 7.05 Å². The van der Waals surface area contributed by atoms with Crippen molar-refractivity contribution in [2.24, 2.45) is 0 Å². The Balaban J connectivity index is 1.71. The maximum atomic E-state index is 6.24. The predicted molar refractivity (Wildman–Crippen MR) is 99.5 cm³/mol. The number of nitrogen functional groups attached to an aromatic ring is 1. The summed E-state index contributed by atoms with van der Waals surface area (Å²) in [5.74, 6) is 2.08. The van der Waals surface area contributed by atoms with Gasteiger partial charge in [-0.1, -0.05) is 28.9 Å². The van der Waals surface area contributed by atoms with Crippen LogP contribution in [0.5, 0.6) is 0 Å². The maximum Gasteiger partial charge on any atom is 0.294 e. The average molecular weight is 384 g/mol. The minimum atomic E-state index is 0.0223. The van der Waals surface area contributed by atoms with Gasteiger partial charge in [0.15, 0.2) is 5.76 Å². The number of anilines is 3. The van der Waals surface area contributed by atoms with Crippen LogP contribution in [0.1, 0.15) is 5.76 Å². The van der Waals surface area contributed by atoms with E-state index in [4.69, 9.17) is 26.3 Å². The third-order valence-electron chi connectivity index (χ3n) is 3.73. The molecule has 4 rings (SSSR count). The van der Waals surface area contributed by atoms with E-state index < -0.39 is 0 Å². The van der Waals surface area contributed by atoms with Crippen molar-refractivity contribution in [2.45, 2.75) is 6.92 Å². The van der Waals surface area contributed by atoms with Gasteiger partial charge >= 0.3 is 0 Å². The quantitative estimate of drug-likeness (QED) is 0.564. The minimum absolute atomic E-state index is 0.0223. The molecule has 10 heteroatoms. The van der Waals surface area contributed by atoms with Gasteiger partial charge in [-0.15, -0.1) is 0 Å². The molecule has 0 atom stereocenters. The molecule has 3 heterocycles. The number of halogens is 1. The molecule has 0 bridgehead atoms. The Bertz CT molecular complexity index is 1110.